The lowest BCUT2D eigenvalue weighted by molar-refractivity contribution is -0.150. The average molecular weight is 347 g/mol. The van der Waals surface area contributed by atoms with E-state index >= 15 is 0 Å². The summed E-state index contributed by atoms with van der Waals surface area (Å²) in [5, 5.41) is 6.49. The van der Waals surface area contributed by atoms with Gasteiger partial charge in [-0.15, -0.1) is 0 Å². The van der Waals surface area contributed by atoms with Gasteiger partial charge in [-0.2, -0.15) is 11.3 Å². The highest BCUT2D eigenvalue weighted by Crippen LogP contribution is 2.08. The molecule has 126 valence electrons. The zero-order chi connectivity index (χ0) is 17.4. The third-order valence-corrected chi connectivity index (χ3v) is 3.94. The van der Waals surface area contributed by atoms with Crippen LogP contribution in [0.15, 0.2) is 47.2 Å². The molecule has 1 amide bonds. The van der Waals surface area contributed by atoms with E-state index in [1.807, 2.05) is 16.8 Å². The number of carbonyl (C=O) groups is 2. The van der Waals surface area contributed by atoms with Gasteiger partial charge in [0.1, 0.15) is 5.82 Å². The molecule has 2 aromatic rings. The third kappa shape index (κ3) is 5.96. The quantitative estimate of drug-likeness (QED) is 0.618. The fourth-order valence-corrected chi connectivity index (χ4v) is 2.55. The van der Waals surface area contributed by atoms with Crippen molar-refractivity contribution >= 4 is 29.3 Å². The van der Waals surface area contributed by atoms with Gasteiger partial charge >= 0.3 is 5.97 Å². The highest BCUT2D eigenvalue weighted by molar-refractivity contribution is 7.08. The predicted octanol–water partition coefficient (Wildman–Crippen LogP) is 3.19. The SMILES string of the molecule is C[C@@H](OC(=O)/C=C/c1ccsc1)C(=O)NCCc1ccc(F)cc1. The topological polar surface area (TPSA) is 55.4 Å². The number of hydrogen-bond donors (Lipinski definition) is 1. The molecule has 1 heterocycles. The molecule has 2 rings (SSSR count). The van der Waals surface area contributed by atoms with Crippen molar-refractivity contribution in [2.24, 2.45) is 0 Å². The summed E-state index contributed by atoms with van der Waals surface area (Å²) in [6.07, 6.45) is 2.63. The van der Waals surface area contributed by atoms with Crippen LogP contribution in [0.2, 0.25) is 0 Å². The monoisotopic (exact) mass is 347 g/mol. The van der Waals surface area contributed by atoms with E-state index in [1.54, 1.807) is 18.2 Å². The van der Waals surface area contributed by atoms with E-state index in [2.05, 4.69) is 5.32 Å². The summed E-state index contributed by atoms with van der Waals surface area (Å²) in [5.74, 6) is -1.23. The van der Waals surface area contributed by atoms with Gasteiger partial charge in [0.2, 0.25) is 0 Å². The van der Waals surface area contributed by atoms with E-state index in [9.17, 15) is 14.0 Å². The van der Waals surface area contributed by atoms with E-state index in [0.717, 1.165) is 11.1 Å². The molecule has 0 saturated heterocycles. The largest absolute Gasteiger partial charge is 0.449 e. The van der Waals surface area contributed by atoms with Crippen molar-refractivity contribution in [1.29, 1.82) is 0 Å². The Hall–Kier alpha value is -2.47. The van der Waals surface area contributed by atoms with Crippen LogP contribution in [0.25, 0.3) is 6.08 Å². The van der Waals surface area contributed by atoms with Crippen molar-refractivity contribution in [1.82, 2.24) is 5.32 Å². The van der Waals surface area contributed by atoms with Crippen LogP contribution in [0.5, 0.6) is 0 Å². The van der Waals surface area contributed by atoms with Gasteiger partial charge < -0.3 is 10.1 Å². The van der Waals surface area contributed by atoms with E-state index in [-0.39, 0.29) is 11.7 Å². The van der Waals surface area contributed by atoms with Crippen molar-refractivity contribution < 1.29 is 18.7 Å². The van der Waals surface area contributed by atoms with Crippen LogP contribution >= 0.6 is 11.3 Å². The summed E-state index contributed by atoms with van der Waals surface area (Å²) in [6, 6.07) is 7.96. The number of halogens is 1. The van der Waals surface area contributed by atoms with Gasteiger partial charge in [0.25, 0.3) is 5.91 Å². The van der Waals surface area contributed by atoms with Gasteiger partial charge in [0, 0.05) is 12.6 Å². The maximum atomic E-state index is 12.8. The molecule has 0 fully saturated rings. The molecular weight excluding hydrogens is 329 g/mol. The van der Waals surface area contributed by atoms with Crippen molar-refractivity contribution in [3.8, 4) is 0 Å². The van der Waals surface area contributed by atoms with Crippen LogP contribution < -0.4 is 5.32 Å². The molecule has 4 nitrogen and oxygen atoms in total. The Labute approximate surface area is 144 Å². The normalized spacial score (nSPS) is 12.1. The molecule has 0 bridgehead atoms. The van der Waals surface area contributed by atoms with Gasteiger partial charge in [-0.05, 0) is 59.5 Å². The number of esters is 1. The van der Waals surface area contributed by atoms with Gasteiger partial charge in [-0.1, -0.05) is 12.1 Å². The Morgan fingerprint density at radius 3 is 2.71 bits per heavy atom. The van der Waals surface area contributed by atoms with Crippen LogP contribution in [-0.2, 0) is 20.7 Å². The van der Waals surface area contributed by atoms with Crippen molar-refractivity contribution in [2.75, 3.05) is 6.54 Å². The maximum Gasteiger partial charge on any atom is 0.331 e. The lowest BCUT2D eigenvalue weighted by Crippen LogP contribution is -2.36. The highest BCUT2D eigenvalue weighted by atomic mass is 32.1. The summed E-state index contributed by atoms with van der Waals surface area (Å²) in [6.45, 7) is 1.90. The van der Waals surface area contributed by atoms with Gasteiger partial charge in [-0.3, -0.25) is 4.79 Å². The first-order chi connectivity index (χ1) is 11.5. The second-order valence-electron chi connectivity index (χ2n) is 5.14. The molecule has 0 aliphatic rings. The van der Waals surface area contributed by atoms with E-state index in [0.29, 0.717) is 13.0 Å². The van der Waals surface area contributed by atoms with Crippen LogP contribution in [-0.4, -0.2) is 24.5 Å². The highest BCUT2D eigenvalue weighted by Gasteiger charge is 2.15. The fraction of sp³-hybridized carbons (Fsp3) is 0.222. The zero-order valence-corrected chi connectivity index (χ0v) is 14.0. The number of carbonyl (C=O) groups excluding carboxylic acids is 2. The molecule has 0 spiro atoms. The molecule has 6 heteroatoms. The zero-order valence-electron chi connectivity index (χ0n) is 13.2. The Kier molecular flexibility index (Phi) is 6.69. The lowest BCUT2D eigenvalue weighted by atomic mass is 10.1. The van der Waals surface area contributed by atoms with Crippen LogP contribution in [0.3, 0.4) is 0 Å². The van der Waals surface area contributed by atoms with Crippen LogP contribution in [0.1, 0.15) is 18.1 Å². The number of hydrogen-bond acceptors (Lipinski definition) is 4. The minimum Gasteiger partial charge on any atom is -0.449 e. The second kappa shape index (κ2) is 8.98. The maximum absolute atomic E-state index is 12.8. The van der Waals surface area contributed by atoms with Crippen molar-refractivity contribution in [2.45, 2.75) is 19.4 Å². The molecule has 0 aliphatic heterocycles. The molecule has 0 aliphatic carbocycles. The molecule has 0 unspecified atom stereocenters. The molecule has 1 atom stereocenters. The number of benzene rings is 1. The first-order valence-corrected chi connectivity index (χ1v) is 8.42. The van der Waals surface area contributed by atoms with Gasteiger partial charge in [0.05, 0.1) is 0 Å². The first kappa shape index (κ1) is 17.9. The smallest absolute Gasteiger partial charge is 0.331 e. The van der Waals surface area contributed by atoms with Crippen LogP contribution in [0.4, 0.5) is 4.39 Å². The standard InChI is InChI=1S/C18H18FNO3S/c1-13(23-17(21)7-4-15-9-11-24-12-15)18(22)20-10-8-14-2-5-16(19)6-3-14/h2-7,9,11-13H,8,10H2,1H3,(H,20,22)/b7-4+/t13-/m1/s1. The minimum atomic E-state index is -0.877. The molecular formula is C18H18FNO3S. The summed E-state index contributed by atoms with van der Waals surface area (Å²) < 4.78 is 17.8. The molecule has 0 saturated carbocycles. The molecule has 1 N–H and O–H groups in total. The van der Waals surface area contributed by atoms with E-state index in [4.69, 9.17) is 4.74 Å². The number of ether oxygens (including phenoxy) is 1. The summed E-state index contributed by atoms with van der Waals surface area (Å²) in [4.78, 5) is 23.5. The van der Waals surface area contributed by atoms with Crippen molar-refractivity contribution in [3.63, 3.8) is 0 Å². The fourth-order valence-electron chi connectivity index (χ4n) is 1.93. The van der Waals surface area contributed by atoms with E-state index < -0.39 is 12.1 Å². The first-order valence-electron chi connectivity index (χ1n) is 7.47. The summed E-state index contributed by atoms with van der Waals surface area (Å²) in [7, 11) is 0. The molecule has 1 aromatic heterocycles. The number of nitrogens with one attached hydrogen (secondary N) is 1. The molecule has 0 radical (unpaired) electrons. The van der Waals surface area contributed by atoms with Crippen molar-refractivity contribution in [3.05, 3.63) is 64.1 Å². The Morgan fingerprint density at radius 1 is 1.29 bits per heavy atom. The Bertz CT molecular complexity index is 696. The average Bonchev–Trinajstić information content (AvgIpc) is 3.08. The van der Waals surface area contributed by atoms with Gasteiger partial charge in [-0.25, -0.2) is 9.18 Å². The predicted molar refractivity (Wildman–Crippen MR) is 92.0 cm³/mol. The number of rotatable bonds is 7. The second-order valence-corrected chi connectivity index (χ2v) is 5.92. The Balaban J connectivity index is 1.71. The number of thiophene rings is 1. The van der Waals surface area contributed by atoms with Crippen LogP contribution in [0, 0.1) is 5.82 Å². The Morgan fingerprint density at radius 2 is 2.04 bits per heavy atom. The third-order valence-electron chi connectivity index (χ3n) is 3.24. The summed E-state index contributed by atoms with van der Waals surface area (Å²) >= 11 is 1.53. The number of amides is 1. The molecule has 1 aromatic carbocycles. The molecule has 24 heavy (non-hydrogen) atoms. The van der Waals surface area contributed by atoms with Gasteiger partial charge in [0.15, 0.2) is 6.10 Å². The van der Waals surface area contributed by atoms with E-state index in [1.165, 1.54) is 36.5 Å². The minimum absolute atomic E-state index is 0.293. The lowest BCUT2D eigenvalue weighted by Gasteiger charge is -2.12. The summed E-state index contributed by atoms with van der Waals surface area (Å²) in [5.41, 5.74) is 1.83.